The van der Waals surface area contributed by atoms with Crippen molar-refractivity contribution in [3.05, 3.63) is 120 Å². The quantitative estimate of drug-likeness (QED) is 0.214. The maximum Gasteiger partial charge on any atom is 0.322 e. The van der Waals surface area contributed by atoms with Gasteiger partial charge in [-0.25, -0.2) is 0 Å². The molecule has 3 atom stereocenters. The molecule has 1 fully saturated rings. The zero-order chi connectivity index (χ0) is 27.8. The summed E-state index contributed by atoms with van der Waals surface area (Å²) in [6.45, 7) is 1.76. The topological polar surface area (TPSA) is 115 Å². The van der Waals surface area contributed by atoms with Crippen LogP contribution in [0.25, 0.3) is 11.1 Å². The van der Waals surface area contributed by atoms with Crippen LogP contribution in [0.5, 0.6) is 11.5 Å². The minimum Gasteiger partial charge on any atom is -0.508 e. The van der Waals surface area contributed by atoms with E-state index in [4.69, 9.17) is 0 Å². The Bertz CT molecular complexity index is 1460. The molecule has 0 heterocycles. The van der Waals surface area contributed by atoms with E-state index in [-0.39, 0.29) is 17.4 Å². The van der Waals surface area contributed by atoms with Crippen LogP contribution in [0, 0.1) is 5.41 Å². The minimum absolute atomic E-state index is 0.132. The number of aromatic hydroxyl groups is 2. The van der Waals surface area contributed by atoms with Gasteiger partial charge in [0.05, 0.1) is 0 Å². The predicted molar refractivity (Wildman–Crippen MR) is 148 cm³/mol. The molecule has 4 aromatic rings. The third kappa shape index (κ3) is 4.32. The van der Waals surface area contributed by atoms with E-state index >= 15 is 0 Å². The molecule has 6 heteroatoms. The van der Waals surface area contributed by atoms with E-state index in [1.165, 1.54) is 0 Å². The number of hydrogen-bond donors (Lipinski definition) is 4. The fourth-order valence-electron chi connectivity index (χ4n) is 6.54. The van der Waals surface area contributed by atoms with Crippen LogP contribution < -0.4 is 0 Å². The van der Waals surface area contributed by atoms with Gasteiger partial charge in [0.15, 0.2) is 5.41 Å². The van der Waals surface area contributed by atoms with Gasteiger partial charge in [0.1, 0.15) is 11.5 Å². The summed E-state index contributed by atoms with van der Waals surface area (Å²) in [6, 6.07) is 30.0. The number of rotatable bonds is 6. The van der Waals surface area contributed by atoms with Crippen molar-refractivity contribution < 1.29 is 30.0 Å². The molecule has 5 rings (SSSR count). The molecule has 1 saturated carbocycles. The van der Waals surface area contributed by atoms with Crippen LogP contribution >= 0.6 is 0 Å². The Kier molecular flexibility index (Phi) is 6.64. The molecule has 0 bridgehead atoms. The summed E-state index contributed by atoms with van der Waals surface area (Å²) in [5, 5.41) is 41.1. The first kappa shape index (κ1) is 26.0. The number of aliphatic carboxylic acids is 2. The molecule has 4 aromatic carbocycles. The highest BCUT2D eigenvalue weighted by Crippen LogP contribution is 2.62. The lowest BCUT2D eigenvalue weighted by atomic mass is 9.46. The number of carboxylic acid groups (broad SMARTS) is 2. The molecule has 0 spiro atoms. The van der Waals surface area contributed by atoms with Crippen LogP contribution in [0.3, 0.4) is 0 Å². The Morgan fingerprint density at radius 2 is 1.13 bits per heavy atom. The summed E-state index contributed by atoms with van der Waals surface area (Å²) in [4.78, 5) is 26.5. The zero-order valence-corrected chi connectivity index (χ0v) is 21.5. The van der Waals surface area contributed by atoms with Crippen molar-refractivity contribution in [2.24, 2.45) is 5.41 Å². The van der Waals surface area contributed by atoms with E-state index < -0.39 is 28.7 Å². The highest BCUT2D eigenvalue weighted by Gasteiger charge is 2.68. The molecule has 6 nitrogen and oxygen atoms in total. The predicted octanol–water partition coefficient (Wildman–Crippen LogP) is 6.54. The SMILES string of the molecule is CC1(c2ccccc2)CC(c2ccc(O)cc2)CC(c2ccc(-c3ccc(O)cc3)cc2)C1(C(=O)O)C(=O)O. The van der Waals surface area contributed by atoms with Crippen LogP contribution in [-0.4, -0.2) is 32.4 Å². The van der Waals surface area contributed by atoms with Gasteiger partial charge >= 0.3 is 11.9 Å². The van der Waals surface area contributed by atoms with E-state index in [2.05, 4.69) is 0 Å². The zero-order valence-electron chi connectivity index (χ0n) is 21.5. The summed E-state index contributed by atoms with van der Waals surface area (Å²) >= 11 is 0. The average molecular weight is 523 g/mol. The van der Waals surface area contributed by atoms with Gasteiger partial charge in [0.2, 0.25) is 0 Å². The summed E-state index contributed by atoms with van der Waals surface area (Å²) in [6.07, 6.45) is 0.618. The van der Waals surface area contributed by atoms with E-state index in [1.54, 1.807) is 55.5 Å². The molecule has 0 aromatic heterocycles. The van der Waals surface area contributed by atoms with Gasteiger partial charge in [0.25, 0.3) is 0 Å². The van der Waals surface area contributed by atoms with E-state index in [0.29, 0.717) is 24.0 Å². The molecule has 0 radical (unpaired) electrons. The van der Waals surface area contributed by atoms with Crippen molar-refractivity contribution in [2.45, 2.75) is 37.0 Å². The van der Waals surface area contributed by atoms with Gasteiger partial charge in [-0.05, 0) is 70.8 Å². The van der Waals surface area contributed by atoms with Crippen molar-refractivity contribution in [2.75, 3.05) is 0 Å². The van der Waals surface area contributed by atoms with Crippen LogP contribution in [0.15, 0.2) is 103 Å². The summed E-state index contributed by atoms with van der Waals surface area (Å²) in [7, 11) is 0. The largest absolute Gasteiger partial charge is 0.508 e. The number of carboxylic acids is 2. The minimum atomic E-state index is -2.14. The number of phenolic OH excluding ortho intramolecular Hbond substituents is 2. The Morgan fingerprint density at radius 1 is 0.667 bits per heavy atom. The molecule has 198 valence electrons. The van der Waals surface area contributed by atoms with Gasteiger partial charge in [0, 0.05) is 11.3 Å². The second kappa shape index (κ2) is 9.95. The first-order valence-electron chi connectivity index (χ1n) is 12.9. The normalized spacial score (nSPS) is 22.2. The summed E-state index contributed by atoms with van der Waals surface area (Å²) < 4.78 is 0. The first-order chi connectivity index (χ1) is 18.7. The standard InChI is InChI=1S/C33H30O6/c1-32(26-5-3-2-4-6-26)20-25(23-13-17-28(35)18-14-23)19-29(33(32,30(36)37)31(38)39)24-9-7-21(8-10-24)22-11-15-27(34)16-12-22/h2-18,25,29,34-35H,19-20H2,1H3,(H,36,37)(H,38,39). The molecular formula is C33H30O6. The van der Waals surface area contributed by atoms with Crippen molar-refractivity contribution >= 4 is 11.9 Å². The molecule has 0 saturated heterocycles. The van der Waals surface area contributed by atoms with Crippen molar-refractivity contribution in [3.8, 4) is 22.6 Å². The highest BCUT2D eigenvalue weighted by atomic mass is 16.4. The smallest absolute Gasteiger partial charge is 0.322 e. The number of phenols is 2. The monoisotopic (exact) mass is 522 g/mol. The molecule has 3 unspecified atom stereocenters. The Labute approximate surface area is 226 Å². The van der Waals surface area contributed by atoms with Crippen molar-refractivity contribution in [1.29, 1.82) is 0 Å². The number of carbonyl (C=O) groups is 2. The maximum atomic E-state index is 13.3. The lowest BCUT2D eigenvalue weighted by Gasteiger charge is -2.53. The summed E-state index contributed by atoms with van der Waals surface area (Å²) in [5.74, 6) is -3.43. The molecular weight excluding hydrogens is 492 g/mol. The summed E-state index contributed by atoms with van der Waals surface area (Å²) in [5.41, 5.74) is 0.560. The average Bonchev–Trinajstić information content (AvgIpc) is 2.93. The third-order valence-corrected chi connectivity index (χ3v) is 8.53. The number of benzene rings is 4. The molecule has 1 aliphatic carbocycles. The van der Waals surface area contributed by atoms with Crippen LogP contribution in [0.4, 0.5) is 0 Å². The Balaban J connectivity index is 1.69. The van der Waals surface area contributed by atoms with Gasteiger partial charge in [-0.3, -0.25) is 9.59 Å². The van der Waals surface area contributed by atoms with Gasteiger partial charge in [-0.1, -0.05) is 85.8 Å². The second-order valence-electron chi connectivity index (χ2n) is 10.6. The lowest BCUT2D eigenvalue weighted by molar-refractivity contribution is -0.177. The molecule has 1 aliphatic rings. The van der Waals surface area contributed by atoms with Gasteiger partial charge < -0.3 is 20.4 Å². The van der Waals surface area contributed by atoms with Crippen LogP contribution in [0.2, 0.25) is 0 Å². The molecule has 0 amide bonds. The van der Waals surface area contributed by atoms with Crippen molar-refractivity contribution in [1.82, 2.24) is 0 Å². The van der Waals surface area contributed by atoms with E-state index in [1.807, 2.05) is 54.6 Å². The van der Waals surface area contributed by atoms with Crippen molar-refractivity contribution in [3.63, 3.8) is 0 Å². The lowest BCUT2D eigenvalue weighted by Crippen LogP contribution is -2.61. The Hall–Kier alpha value is -4.58. The van der Waals surface area contributed by atoms with E-state index in [9.17, 15) is 30.0 Å². The molecule has 4 N–H and O–H groups in total. The first-order valence-corrected chi connectivity index (χ1v) is 12.9. The van der Waals surface area contributed by atoms with Crippen LogP contribution in [0.1, 0.15) is 48.3 Å². The maximum absolute atomic E-state index is 13.3. The highest BCUT2D eigenvalue weighted by molar-refractivity contribution is 6.02. The van der Waals surface area contributed by atoms with Gasteiger partial charge in [-0.2, -0.15) is 0 Å². The van der Waals surface area contributed by atoms with Crippen LogP contribution in [-0.2, 0) is 15.0 Å². The molecule has 39 heavy (non-hydrogen) atoms. The Morgan fingerprint density at radius 3 is 1.64 bits per heavy atom. The van der Waals surface area contributed by atoms with Gasteiger partial charge in [-0.15, -0.1) is 0 Å². The molecule has 0 aliphatic heterocycles. The fourth-order valence-corrected chi connectivity index (χ4v) is 6.54. The van der Waals surface area contributed by atoms with E-state index in [0.717, 1.165) is 16.7 Å². The second-order valence-corrected chi connectivity index (χ2v) is 10.6. The third-order valence-electron chi connectivity index (χ3n) is 8.53. The fraction of sp³-hybridized carbons (Fsp3) is 0.212. The number of hydrogen-bond acceptors (Lipinski definition) is 4.